The minimum Gasteiger partial charge on any atom is -0.308 e. The van der Waals surface area contributed by atoms with E-state index >= 15 is 0 Å². The second-order valence-electron chi connectivity index (χ2n) is 6.14. The fourth-order valence-corrected chi connectivity index (χ4v) is 3.15. The fraction of sp³-hybridized carbons (Fsp3) is 0.706. The van der Waals surface area contributed by atoms with Crippen LogP contribution in [0.25, 0.3) is 0 Å². The second-order valence-corrected chi connectivity index (χ2v) is 6.14. The molecule has 2 atom stereocenters. The van der Waals surface area contributed by atoms with E-state index in [1.54, 1.807) is 0 Å². The second kappa shape index (κ2) is 7.75. The van der Waals surface area contributed by atoms with Crippen molar-refractivity contribution in [1.29, 1.82) is 0 Å². The van der Waals surface area contributed by atoms with Gasteiger partial charge in [0.2, 0.25) is 0 Å². The van der Waals surface area contributed by atoms with Crippen LogP contribution in [-0.2, 0) is 6.54 Å². The van der Waals surface area contributed by atoms with E-state index in [4.69, 9.17) is 0 Å². The summed E-state index contributed by atoms with van der Waals surface area (Å²) in [4.78, 5) is 7.18. The van der Waals surface area contributed by atoms with Crippen LogP contribution in [-0.4, -0.2) is 35.6 Å². The van der Waals surface area contributed by atoms with E-state index in [2.05, 4.69) is 54.2 Å². The lowest BCUT2D eigenvalue weighted by Crippen LogP contribution is -2.44. The molecule has 0 saturated carbocycles. The molecule has 20 heavy (non-hydrogen) atoms. The molecule has 2 rings (SSSR count). The maximum Gasteiger partial charge on any atom is 0.0544 e. The monoisotopic (exact) mass is 275 g/mol. The molecule has 3 heteroatoms. The van der Waals surface area contributed by atoms with E-state index in [-0.39, 0.29) is 0 Å². The summed E-state index contributed by atoms with van der Waals surface area (Å²) >= 11 is 0. The van der Waals surface area contributed by atoms with Crippen molar-refractivity contribution in [2.75, 3.05) is 19.6 Å². The van der Waals surface area contributed by atoms with E-state index in [0.717, 1.165) is 23.9 Å². The van der Waals surface area contributed by atoms with Gasteiger partial charge in [0.15, 0.2) is 0 Å². The molecular weight excluding hydrogens is 246 g/mol. The Labute approximate surface area is 123 Å². The summed E-state index contributed by atoms with van der Waals surface area (Å²) in [6.07, 6.45) is 3.97. The van der Waals surface area contributed by atoms with Crippen molar-refractivity contribution in [3.05, 3.63) is 29.6 Å². The van der Waals surface area contributed by atoms with Crippen LogP contribution in [0.15, 0.2) is 18.2 Å². The number of hydrogen-bond acceptors (Lipinski definition) is 3. The molecule has 0 bridgehead atoms. The summed E-state index contributed by atoms with van der Waals surface area (Å²) in [7, 11) is 0. The SMILES string of the molecule is CCCN1CCCC(C(C)NCc2cccc(C)n2)C1. The molecule has 112 valence electrons. The summed E-state index contributed by atoms with van der Waals surface area (Å²) in [5.41, 5.74) is 2.25. The maximum absolute atomic E-state index is 4.56. The normalized spacial score (nSPS) is 21.9. The van der Waals surface area contributed by atoms with E-state index in [1.165, 1.54) is 38.9 Å². The van der Waals surface area contributed by atoms with E-state index in [9.17, 15) is 0 Å². The Morgan fingerprint density at radius 2 is 2.30 bits per heavy atom. The lowest BCUT2D eigenvalue weighted by Gasteiger charge is -2.36. The molecule has 2 heterocycles. The average molecular weight is 275 g/mol. The van der Waals surface area contributed by atoms with E-state index < -0.39 is 0 Å². The molecule has 0 aromatic carbocycles. The molecule has 0 spiro atoms. The molecule has 1 aromatic heterocycles. The smallest absolute Gasteiger partial charge is 0.0544 e. The highest BCUT2D eigenvalue weighted by molar-refractivity contribution is 5.09. The van der Waals surface area contributed by atoms with Crippen LogP contribution in [0.4, 0.5) is 0 Å². The first-order valence-electron chi connectivity index (χ1n) is 8.07. The number of nitrogens with zero attached hydrogens (tertiary/aromatic N) is 2. The third-order valence-electron chi connectivity index (χ3n) is 4.34. The first-order valence-corrected chi connectivity index (χ1v) is 8.07. The number of aromatic nitrogens is 1. The summed E-state index contributed by atoms with van der Waals surface area (Å²) in [6.45, 7) is 11.3. The third kappa shape index (κ3) is 4.57. The van der Waals surface area contributed by atoms with Crippen LogP contribution >= 0.6 is 0 Å². The van der Waals surface area contributed by atoms with E-state index in [0.29, 0.717) is 6.04 Å². The quantitative estimate of drug-likeness (QED) is 0.865. The van der Waals surface area contributed by atoms with Gasteiger partial charge in [-0.25, -0.2) is 0 Å². The average Bonchev–Trinajstić information content (AvgIpc) is 2.45. The fourth-order valence-electron chi connectivity index (χ4n) is 3.15. The van der Waals surface area contributed by atoms with Crippen molar-refractivity contribution in [3.63, 3.8) is 0 Å². The minimum atomic E-state index is 0.567. The van der Waals surface area contributed by atoms with Gasteiger partial charge in [-0.3, -0.25) is 4.98 Å². The Bertz CT molecular complexity index is 403. The van der Waals surface area contributed by atoms with Crippen molar-refractivity contribution in [1.82, 2.24) is 15.2 Å². The van der Waals surface area contributed by atoms with Gasteiger partial charge in [-0.2, -0.15) is 0 Å². The van der Waals surface area contributed by atoms with Gasteiger partial charge in [-0.1, -0.05) is 13.0 Å². The molecular formula is C17H29N3. The van der Waals surface area contributed by atoms with Crippen LogP contribution in [0.1, 0.15) is 44.5 Å². The summed E-state index contributed by atoms with van der Waals surface area (Å²) in [5, 5.41) is 3.67. The van der Waals surface area contributed by atoms with Crippen molar-refractivity contribution >= 4 is 0 Å². The predicted molar refractivity (Wildman–Crippen MR) is 84.7 cm³/mol. The van der Waals surface area contributed by atoms with Gasteiger partial charge >= 0.3 is 0 Å². The number of pyridine rings is 1. The lowest BCUT2D eigenvalue weighted by molar-refractivity contribution is 0.150. The van der Waals surface area contributed by atoms with Gasteiger partial charge in [-0.15, -0.1) is 0 Å². The zero-order valence-corrected chi connectivity index (χ0v) is 13.2. The Morgan fingerprint density at radius 1 is 1.45 bits per heavy atom. The summed E-state index contributed by atoms with van der Waals surface area (Å²) in [6, 6.07) is 6.82. The Morgan fingerprint density at radius 3 is 3.05 bits per heavy atom. The Balaban J connectivity index is 1.80. The molecule has 1 aromatic rings. The van der Waals surface area contributed by atoms with Crippen LogP contribution in [0, 0.1) is 12.8 Å². The number of aryl methyl sites for hydroxylation is 1. The van der Waals surface area contributed by atoms with Crippen molar-refractivity contribution in [2.24, 2.45) is 5.92 Å². The van der Waals surface area contributed by atoms with E-state index in [1.807, 2.05) is 0 Å². The van der Waals surface area contributed by atoms with Crippen LogP contribution in [0.2, 0.25) is 0 Å². The highest BCUT2D eigenvalue weighted by Crippen LogP contribution is 2.20. The summed E-state index contributed by atoms with van der Waals surface area (Å²) < 4.78 is 0. The molecule has 0 radical (unpaired) electrons. The van der Waals surface area contributed by atoms with Gasteiger partial charge in [-0.05, 0) is 64.3 Å². The molecule has 1 N–H and O–H groups in total. The molecule has 1 aliphatic rings. The van der Waals surface area contributed by atoms with Gasteiger partial charge in [0.05, 0.1) is 5.69 Å². The van der Waals surface area contributed by atoms with Crippen LogP contribution < -0.4 is 5.32 Å². The Hall–Kier alpha value is -0.930. The predicted octanol–water partition coefficient (Wildman–Crippen LogP) is 2.99. The van der Waals surface area contributed by atoms with Gasteiger partial charge in [0.25, 0.3) is 0 Å². The van der Waals surface area contributed by atoms with Gasteiger partial charge in [0.1, 0.15) is 0 Å². The van der Waals surface area contributed by atoms with Crippen LogP contribution in [0.5, 0.6) is 0 Å². The molecule has 0 aliphatic carbocycles. The topological polar surface area (TPSA) is 28.2 Å². The van der Waals surface area contributed by atoms with Crippen LogP contribution in [0.3, 0.4) is 0 Å². The molecule has 0 amide bonds. The number of nitrogens with one attached hydrogen (secondary N) is 1. The summed E-state index contributed by atoms with van der Waals surface area (Å²) in [5.74, 6) is 0.778. The molecule has 2 unspecified atom stereocenters. The number of rotatable bonds is 6. The highest BCUT2D eigenvalue weighted by Gasteiger charge is 2.23. The van der Waals surface area contributed by atoms with Crippen molar-refractivity contribution < 1.29 is 0 Å². The number of likely N-dealkylation sites (tertiary alicyclic amines) is 1. The van der Waals surface area contributed by atoms with Gasteiger partial charge < -0.3 is 10.2 Å². The van der Waals surface area contributed by atoms with Crippen molar-refractivity contribution in [3.8, 4) is 0 Å². The highest BCUT2D eigenvalue weighted by atomic mass is 15.1. The minimum absolute atomic E-state index is 0.567. The third-order valence-corrected chi connectivity index (χ3v) is 4.34. The zero-order chi connectivity index (χ0) is 14.4. The van der Waals surface area contributed by atoms with Gasteiger partial charge in [0, 0.05) is 24.8 Å². The molecule has 1 saturated heterocycles. The zero-order valence-electron chi connectivity index (χ0n) is 13.2. The molecule has 1 aliphatic heterocycles. The number of piperidine rings is 1. The number of hydrogen-bond donors (Lipinski definition) is 1. The standard InChI is InChI=1S/C17H29N3/c1-4-10-20-11-6-8-16(13-20)15(3)18-12-17-9-5-7-14(2)19-17/h5,7,9,15-16,18H,4,6,8,10-13H2,1-3H3. The molecule has 3 nitrogen and oxygen atoms in total. The Kier molecular flexibility index (Phi) is 5.99. The largest absolute Gasteiger partial charge is 0.308 e. The van der Waals surface area contributed by atoms with Crippen molar-refractivity contribution in [2.45, 2.75) is 52.6 Å². The first-order chi connectivity index (χ1) is 9.69. The lowest BCUT2D eigenvalue weighted by atomic mass is 9.91. The maximum atomic E-state index is 4.56. The molecule has 1 fully saturated rings. The first kappa shape index (κ1) is 15.5.